The molecule has 0 saturated heterocycles. The zero-order valence-corrected chi connectivity index (χ0v) is 11.9. The summed E-state index contributed by atoms with van der Waals surface area (Å²) >= 11 is 0. The minimum atomic E-state index is -3.13. The molecule has 0 aromatic heterocycles. The van der Waals surface area contributed by atoms with E-state index in [1.165, 1.54) is 11.1 Å². The summed E-state index contributed by atoms with van der Waals surface area (Å²) in [7, 11) is -1.27. The van der Waals surface area contributed by atoms with Gasteiger partial charge in [-0.05, 0) is 62.9 Å². The van der Waals surface area contributed by atoms with Crippen molar-refractivity contribution >= 4 is 9.84 Å². The molecule has 1 unspecified atom stereocenters. The highest BCUT2D eigenvalue weighted by Crippen LogP contribution is 2.25. The van der Waals surface area contributed by atoms with Crippen LogP contribution in [0.2, 0.25) is 0 Å². The van der Waals surface area contributed by atoms with E-state index in [1.54, 1.807) is 6.07 Å². The van der Waals surface area contributed by atoms with Gasteiger partial charge < -0.3 is 5.32 Å². The predicted octanol–water partition coefficient (Wildman–Crippen LogP) is 1.95. The van der Waals surface area contributed by atoms with Crippen LogP contribution in [0.25, 0.3) is 0 Å². The number of nitrogens with one attached hydrogen (secondary N) is 1. The fourth-order valence-electron chi connectivity index (χ4n) is 2.34. The van der Waals surface area contributed by atoms with Crippen molar-refractivity contribution in [3.05, 3.63) is 29.3 Å². The highest BCUT2D eigenvalue weighted by atomic mass is 32.2. The maximum Gasteiger partial charge on any atom is 0.178 e. The molecule has 0 fully saturated rings. The largest absolute Gasteiger partial charge is 0.317 e. The maximum absolute atomic E-state index is 12.2. The molecule has 100 valence electrons. The van der Waals surface area contributed by atoms with Crippen LogP contribution >= 0.6 is 0 Å². The molecule has 3 nitrogen and oxygen atoms in total. The van der Waals surface area contributed by atoms with Crippen molar-refractivity contribution in [3.63, 3.8) is 0 Å². The highest BCUT2D eigenvalue weighted by molar-refractivity contribution is 7.91. The summed E-state index contributed by atoms with van der Waals surface area (Å²) in [6, 6.07) is 5.86. The van der Waals surface area contributed by atoms with Crippen molar-refractivity contribution in [2.24, 2.45) is 0 Å². The Labute approximate surface area is 110 Å². The van der Waals surface area contributed by atoms with Gasteiger partial charge in [-0.3, -0.25) is 0 Å². The molecule has 2 rings (SSSR count). The normalized spacial score (nSPS) is 16.6. The zero-order chi connectivity index (χ0) is 13.2. The molecule has 1 aromatic rings. The van der Waals surface area contributed by atoms with Gasteiger partial charge in [0, 0.05) is 6.04 Å². The zero-order valence-electron chi connectivity index (χ0n) is 11.1. The molecule has 1 aliphatic rings. The Balaban J connectivity index is 2.15. The smallest absolute Gasteiger partial charge is 0.178 e. The summed E-state index contributed by atoms with van der Waals surface area (Å²) in [4.78, 5) is 0.492. The van der Waals surface area contributed by atoms with E-state index >= 15 is 0 Å². The first kappa shape index (κ1) is 13.6. The minimum Gasteiger partial charge on any atom is -0.317 e. The molecule has 0 radical (unpaired) electrons. The van der Waals surface area contributed by atoms with Crippen molar-refractivity contribution < 1.29 is 8.42 Å². The molecule has 0 heterocycles. The van der Waals surface area contributed by atoms with E-state index in [9.17, 15) is 8.42 Å². The molecule has 0 saturated carbocycles. The second kappa shape index (κ2) is 5.41. The van der Waals surface area contributed by atoms with Crippen LogP contribution in [0.4, 0.5) is 0 Å². The third kappa shape index (κ3) is 2.93. The third-order valence-corrected chi connectivity index (χ3v) is 5.49. The van der Waals surface area contributed by atoms with Gasteiger partial charge in [-0.1, -0.05) is 6.07 Å². The molecule has 0 spiro atoms. The summed E-state index contributed by atoms with van der Waals surface area (Å²) in [6.07, 6.45) is 3.91. The van der Waals surface area contributed by atoms with Crippen molar-refractivity contribution in [1.82, 2.24) is 5.32 Å². The molecule has 18 heavy (non-hydrogen) atoms. The lowest BCUT2D eigenvalue weighted by molar-refractivity contribution is 0.565. The average Bonchev–Trinajstić information content (AvgIpc) is 2.83. The third-order valence-electron chi connectivity index (χ3n) is 3.74. The number of aryl methyl sites for hydroxylation is 2. The lowest BCUT2D eigenvalue weighted by Crippen LogP contribution is -2.24. The van der Waals surface area contributed by atoms with E-state index in [4.69, 9.17) is 0 Å². The van der Waals surface area contributed by atoms with Crippen molar-refractivity contribution in [2.75, 3.05) is 12.8 Å². The summed E-state index contributed by atoms with van der Waals surface area (Å²) in [6.45, 7) is 2.00. The number of fused-ring (bicyclic) bond motifs is 1. The van der Waals surface area contributed by atoms with Crippen molar-refractivity contribution in [3.8, 4) is 0 Å². The van der Waals surface area contributed by atoms with Crippen molar-refractivity contribution in [1.29, 1.82) is 0 Å². The van der Waals surface area contributed by atoms with Crippen LogP contribution in [0.1, 0.15) is 30.9 Å². The number of rotatable bonds is 5. The molecule has 0 amide bonds. The fraction of sp³-hybridized carbons (Fsp3) is 0.571. The van der Waals surface area contributed by atoms with Gasteiger partial charge in [0.1, 0.15) is 0 Å². The lowest BCUT2D eigenvalue weighted by atomic mass is 10.1. The van der Waals surface area contributed by atoms with Gasteiger partial charge in [0.05, 0.1) is 10.6 Å². The summed E-state index contributed by atoms with van der Waals surface area (Å²) in [5, 5.41) is 3.07. The van der Waals surface area contributed by atoms with Gasteiger partial charge in [0.2, 0.25) is 0 Å². The first-order valence-electron chi connectivity index (χ1n) is 6.55. The Kier molecular flexibility index (Phi) is 4.07. The Morgan fingerprint density at radius 2 is 2.00 bits per heavy atom. The molecular weight excluding hydrogens is 246 g/mol. The first-order chi connectivity index (χ1) is 8.53. The minimum absolute atomic E-state index is 0.216. The summed E-state index contributed by atoms with van der Waals surface area (Å²) < 4.78 is 24.4. The van der Waals surface area contributed by atoms with Gasteiger partial charge in [-0.25, -0.2) is 8.42 Å². The van der Waals surface area contributed by atoms with E-state index in [2.05, 4.69) is 5.32 Å². The van der Waals surface area contributed by atoms with E-state index in [1.807, 2.05) is 26.1 Å². The lowest BCUT2D eigenvalue weighted by Gasteiger charge is -2.11. The Bertz CT molecular complexity index is 523. The molecule has 1 N–H and O–H groups in total. The highest BCUT2D eigenvalue weighted by Gasteiger charge is 2.19. The molecule has 1 aromatic carbocycles. The van der Waals surface area contributed by atoms with Crippen LogP contribution in [0.15, 0.2) is 23.1 Å². The van der Waals surface area contributed by atoms with E-state index in [-0.39, 0.29) is 11.8 Å². The fourth-order valence-corrected chi connectivity index (χ4v) is 3.83. The second-order valence-electron chi connectivity index (χ2n) is 5.08. The number of hydrogen-bond acceptors (Lipinski definition) is 3. The van der Waals surface area contributed by atoms with Gasteiger partial charge in [0.15, 0.2) is 9.84 Å². The van der Waals surface area contributed by atoms with E-state index < -0.39 is 9.84 Å². The SMILES string of the molecule is CNC(C)CCS(=O)(=O)c1ccc2c(c1)CCC2. The Morgan fingerprint density at radius 3 is 2.72 bits per heavy atom. The van der Waals surface area contributed by atoms with Crippen molar-refractivity contribution in [2.45, 2.75) is 43.5 Å². The van der Waals surface area contributed by atoms with E-state index in [0.717, 1.165) is 19.3 Å². The van der Waals surface area contributed by atoms with Gasteiger partial charge in [0.25, 0.3) is 0 Å². The average molecular weight is 267 g/mol. The van der Waals surface area contributed by atoms with Gasteiger partial charge >= 0.3 is 0 Å². The molecule has 0 aliphatic heterocycles. The predicted molar refractivity (Wildman–Crippen MR) is 73.7 cm³/mol. The number of hydrogen-bond donors (Lipinski definition) is 1. The Morgan fingerprint density at radius 1 is 1.28 bits per heavy atom. The molecular formula is C14H21NO2S. The van der Waals surface area contributed by atoms with Crippen LogP contribution in [0, 0.1) is 0 Å². The first-order valence-corrected chi connectivity index (χ1v) is 8.20. The maximum atomic E-state index is 12.2. The Hall–Kier alpha value is -0.870. The van der Waals surface area contributed by atoms with Crippen LogP contribution in [0.3, 0.4) is 0 Å². The standard InChI is InChI=1S/C14H21NO2S/c1-11(15-2)8-9-18(16,17)14-7-6-12-4-3-5-13(12)10-14/h6-7,10-11,15H,3-5,8-9H2,1-2H3. The molecule has 1 aliphatic carbocycles. The molecule has 1 atom stereocenters. The number of benzene rings is 1. The molecule has 0 bridgehead atoms. The summed E-state index contributed by atoms with van der Waals surface area (Å²) in [5.74, 6) is 0.216. The van der Waals surface area contributed by atoms with E-state index in [0.29, 0.717) is 11.3 Å². The van der Waals surface area contributed by atoms with Gasteiger partial charge in [-0.15, -0.1) is 0 Å². The number of sulfone groups is 1. The van der Waals surface area contributed by atoms with Crippen LogP contribution in [0.5, 0.6) is 0 Å². The van der Waals surface area contributed by atoms with Crippen LogP contribution < -0.4 is 5.32 Å². The van der Waals surface area contributed by atoms with Crippen LogP contribution in [-0.2, 0) is 22.7 Å². The monoisotopic (exact) mass is 267 g/mol. The molecule has 4 heteroatoms. The second-order valence-corrected chi connectivity index (χ2v) is 7.19. The van der Waals surface area contributed by atoms with Gasteiger partial charge in [-0.2, -0.15) is 0 Å². The van der Waals surface area contributed by atoms with Crippen LogP contribution in [-0.4, -0.2) is 27.3 Å². The summed E-state index contributed by atoms with van der Waals surface area (Å²) in [5.41, 5.74) is 2.54. The quantitative estimate of drug-likeness (QED) is 0.887. The topological polar surface area (TPSA) is 46.2 Å².